The Kier molecular flexibility index (Phi) is 4.10. The van der Waals surface area contributed by atoms with Crippen molar-refractivity contribution >= 4 is 11.7 Å². The van der Waals surface area contributed by atoms with Gasteiger partial charge in [0, 0.05) is 29.2 Å². The molecule has 102 valence electrons. The molecule has 0 aromatic carbocycles. The molecule has 0 aliphatic heterocycles. The van der Waals surface area contributed by atoms with E-state index in [9.17, 15) is 9.59 Å². The van der Waals surface area contributed by atoms with Crippen LogP contribution < -0.4 is 10.9 Å². The average molecular weight is 269 g/mol. The van der Waals surface area contributed by atoms with Gasteiger partial charge in [-0.15, -0.1) is 0 Å². The predicted octanol–water partition coefficient (Wildman–Crippen LogP) is 1.68. The lowest BCUT2D eigenvalue weighted by Crippen LogP contribution is -2.37. The Morgan fingerprint density at radius 1 is 1.15 bits per heavy atom. The van der Waals surface area contributed by atoms with Crippen LogP contribution >= 0.6 is 0 Å². The van der Waals surface area contributed by atoms with E-state index in [1.807, 2.05) is 6.92 Å². The Balaban J connectivity index is 2.06. The Hall–Kier alpha value is -2.69. The fourth-order valence-electron chi connectivity index (χ4n) is 1.73. The third-order valence-corrected chi connectivity index (χ3v) is 2.85. The number of aromatic nitrogens is 1. The maximum absolute atomic E-state index is 11.8. The fourth-order valence-corrected chi connectivity index (χ4v) is 1.73. The Morgan fingerprint density at radius 2 is 1.85 bits per heavy atom. The van der Waals surface area contributed by atoms with Gasteiger partial charge in [0.25, 0.3) is 5.91 Å². The van der Waals surface area contributed by atoms with Crippen LogP contribution in [0, 0.1) is 0 Å². The maximum atomic E-state index is 11.8. The number of rotatable bonds is 3. The monoisotopic (exact) mass is 269 g/mol. The van der Waals surface area contributed by atoms with E-state index in [2.05, 4.69) is 15.8 Å². The highest BCUT2D eigenvalue weighted by Crippen LogP contribution is 2.14. The summed E-state index contributed by atoms with van der Waals surface area (Å²) in [5.74, 6) is -0.370. The smallest absolute Gasteiger partial charge is 0.269 e. The number of pyridine rings is 1. The van der Waals surface area contributed by atoms with Crippen LogP contribution in [0.2, 0.25) is 0 Å². The molecule has 0 unspecified atom stereocenters. The molecule has 1 aromatic rings. The number of ketones is 1. The van der Waals surface area contributed by atoms with E-state index in [1.165, 1.54) is 6.08 Å². The second kappa shape index (κ2) is 5.97. The molecule has 0 bridgehead atoms. The van der Waals surface area contributed by atoms with Gasteiger partial charge in [-0.25, -0.2) is 0 Å². The highest BCUT2D eigenvalue weighted by Gasteiger charge is 2.12. The van der Waals surface area contributed by atoms with Crippen LogP contribution in [-0.4, -0.2) is 16.7 Å². The predicted molar refractivity (Wildman–Crippen MR) is 75.4 cm³/mol. The molecule has 1 aliphatic rings. The van der Waals surface area contributed by atoms with Crippen LogP contribution in [0.1, 0.15) is 24.2 Å². The largest absolute Gasteiger partial charge is 0.302 e. The van der Waals surface area contributed by atoms with E-state index >= 15 is 0 Å². The summed E-state index contributed by atoms with van der Waals surface area (Å²) in [5, 5.41) is 0. The Bertz CT molecular complexity index is 628. The summed E-state index contributed by atoms with van der Waals surface area (Å²) in [6, 6.07) is 3.22. The normalized spacial score (nSPS) is 16.5. The van der Waals surface area contributed by atoms with Crippen molar-refractivity contribution in [1.82, 2.24) is 15.8 Å². The molecule has 2 N–H and O–H groups in total. The lowest BCUT2D eigenvalue weighted by molar-refractivity contribution is -0.111. The van der Waals surface area contributed by atoms with Gasteiger partial charge in [-0.2, -0.15) is 0 Å². The SMILES string of the molecule is CC1=CC(=C(C)NNC(=O)c2ccncc2)C(=O)C=C1. The summed E-state index contributed by atoms with van der Waals surface area (Å²) >= 11 is 0. The standard InChI is InChI=1S/C15H15N3O2/c1-10-3-4-14(19)13(9-10)11(2)17-18-15(20)12-5-7-16-8-6-12/h3-9,17H,1-2H3,(H,18,20). The van der Waals surface area contributed by atoms with E-state index in [1.54, 1.807) is 43.6 Å². The zero-order valence-electron chi connectivity index (χ0n) is 11.3. The molecule has 20 heavy (non-hydrogen) atoms. The van der Waals surface area contributed by atoms with E-state index in [0.717, 1.165) is 5.57 Å². The van der Waals surface area contributed by atoms with Gasteiger partial charge < -0.3 is 5.43 Å². The van der Waals surface area contributed by atoms with Crippen LogP contribution in [0.25, 0.3) is 0 Å². The second-order valence-corrected chi connectivity index (χ2v) is 4.44. The number of carbonyl (C=O) groups excluding carboxylic acids is 2. The summed E-state index contributed by atoms with van der Waals surface area (Å²) in [6.45, 7) is 3.65. The van der Waals surface area contributed by atoms with Crippen LogP contribution in [-0.2, 0) is 4.79 Å². The molecular weight excluding hydrogens is 254 g/mol. The van der Waals surface area contributed by atoms with Gasteiger partial charge >= 0.3 is 0 Å². The van der Waals surface area contributed by atoms with Gasteiger partial charge in [0.1, 0.15) is 0 Å². The van der Waals surface area contributed by atoms with Gasteiger partial charge in [0.15, 0.2) is 5.78 Å². The highest BCUT2D eigenvalue weighted by molar-refractivity contribution is 6.08. The first-order valence-electron chi connectivity index (χ1n) is 6.16. The van der Waals surface area contributed by atoms with Crippen LogP contribution in [0.15, 0.2) is 59.6 Å². The Labute approximate surface area is 117 Å². The van der Waals surface area contributed by atoms with Crippen LogP contribution in [0.4, 0.5) is 0 Å². The van der Waals surface area contributed by atoms with Gasteiger partial charge in [-0.1, -0.05) is 11.6 Å². The first-order valence-corrected chi connectivity index (χ1v) is 6.16. The number of nitrogens with zero attached hydrogens (tertiary/aromatic N) is 1. The van der Waals surface area contributed by atoms with Gasteiger partial charge in [0.2, 0.25) is 0 Å². The van der Waals surface area contributed by atoms with E-state index in [0.29, 0.717) is 16.8 Å². The molecule has 0 atom stereocenters. The number of nitrogens with one attached hydrogen (secondary N) is 2. The Morgan fingerprint density at radius 3 is 2.55 bits per heavy atom. The third kappa shape index (κ3) is 3.20. The maximum Gasteiger partial charge on any atom is 0.269 e. The summed E-state index contributed by atoms with van der Waals surface area (Å²) in [7, 11) is 0. The number of hydrogen-bond donors (Lipinski definition) is 2. The average Bonchev–Trinajstić information content (AvgIpc) is 2.47. The van der Waals surface area contributed by atoms with E-state index < -0.39 is 0 Å². The number of hydrogen-bond acceptors (Lipinski definition) is 4. The van der Waals surface area contributed by atoms with Crippen molar-refractivity contribution in [3.63, 3.8) is 0 Å². The molecule has 1 heterocycles. The number of hydrazine groups is 1. The summed E-state index contributed by atoms with van der Waals surface area (Å²) < 4.78 is 0. The van der Waals surface area contributed by atoms with Crippen molar-refractivity contribution in [1.29, 1.82) is 0 Å². The van der Waals surface area contributed by atoms with Crippen molar-refractivity contribution < 1.29 is 9.59 Å². The summed E-state index contributed by atoms with van der Waals surface area (Å²) in [6.07, 6.45) is 8.14. The quantitative estimate of drug-likeness (QED) is 0.647. The van der Waals surface area contributed by atoms with Crippen molar-refractivity contribution in [2.24, 2.45) is 0 Å². The van der Waals surface area contributed by atoms with Gasteiger partial charge in [-0.3, -0.25) is 20.0 Å². The molecule has 0 radical (unpaired) electrons. The minimum Gasteiger partial charge on any atom is -0.302 e. The summed E-state index contributed by atoms with van der Waals surface area (Å²) in [4.78, 5) is 27.4. The zero-order chi connectivity index (χ0) is 14.5. The number of amides is 1. The summed E-state index contributed by atoms with van der Waals surface area (Å²) in [5.41, 5.74) is 7.93. The molecule has 0 fully saturated rings. The van der Waals surface area contributed by atoms with Crippen molar-refractivity contribution in [3.8, 4) is 0 Å². The fraction of sp³-hybridized carbons (Fsp3) is 0.133. The number of carbonyl (C=O) groups is 2. The minimum absolute atomic E-state index is 0.0845. The molecule has 2 rings (SSSR count). The molecule has 5 nitrogen and oxygen atoms in total. The molecule has 1 aromatic heterocycles. The third-order valence-electron chi connectivity index (χ3n) is 2.85. The topological polar surface area (TPSA) is 71.1 Å². The molecule has 0 spiro atoms. The van der Waals surface area contributed by atoms with Gasteiger partial charge in [-0.05, 0) is 38.1 Å². The van der Waals surface area contributed by atoms with Gasteiger partial charge in [0.05, 0.1) is 0 Å². The first kappa shape index (κ1) is 13.7. The van der Waals surface area contributed by atoms with E-state index in [4.69, 9.17) is 0 Å². The first-order chi connectivity index (χ1) is 9.58. The van der Waals surface area contributed by atoms with Crippen molar-refractivity contribution in [3.05, 3.63) is 65.2 Å². The van der Waals surface area contributed by atoms with Crippen LogP contribution in [0.5, 0.6) is 0 Å². The van der Waals surface area contributed by atoms with E-state index in [-0.39, 0.29) is 11.7 Å². The molecule has 1 amide bonds. The zero-order valence-corrected chi connectivity index (χ0v) is 11.3. The lowest BCUT2D eigenvalue weighted by Gasteiger charge is -2.13. The highest BCUT2D eigenvalue weighted by atomic mass is 16.2. The number of allylic oxidation sites excluding steroid dienone is 6. The molecule has 5 heteroatoms. The lowest BCUT2D eigenvalue weighted by atomic mass is 10.0. The minimum atomic E-state index is -0.285. The molecular formula is C15H15N3O2. The molecule has 0 saturated carbocycles. The second-order valence-electron chi connectivity index (χ2n) is 4.44. The van der Waals surface area contributed by atoms with Crippen molar-refractivity contribution in [2.75, 3.05) is 0 Å². The molecule has 0 saturated heterocycles. The van der Waals surface area contributed by atoms with Crippen LogP contribution in [0.3, 0.4) is 0 Å². The van der Waals surface area contributed by atoms with Crippen molar-refractivity contribution in [2.45, 2.75) is 13.8 Å². The molecule has 1 aliphatic carbocycles.